The van der Waals surface area contributed by atoms with Crippen LogP contribution in [-0.2, 0) is 9.59 Å². The van der Waals surface area contributed by atoms with Crippen molar-refractivity contribution >= 4 is 11.9 Å². The molecule has 5 aliphatic carbocycles. The van der Waals surface area contributed by atoms with Gasteiger partial charge in [0.1, 0.15) is 0 Å². The largest absolute Gasteiger partial charge is 0.481 e. The molecule has 4 saturated carbocycles. The van der Waals surface area contributed by atoms with Crippen molar-refractivity contribution < 1.29 is 24.9 Å². The van der Waals surface area contributed by atoms with E-state index in [4.69, 9.17) is 0 Å². The van der Waals surface area contributed by atoms with E-state index in [1.807, 2.05) is 0 Å². The summed E-state index contributed by atoms with van der Waals surface area (Å²) in [6.45, 7) is 13.5. The number of aliphatic hydroxyl groups excluding tert-OH is 1. The monoisotopic (exact) mass is 486 g/mol. The van der Waals surface area contributed by atoms with Gasteiger partial charge in [-0.1, -0.05) is 46.3 Å². The Morgan fingerprint density at radius 1 is 0.829 bits per heavy atom. The van der Waals surface area contributed by atoms with Gasteiger partial charge in [0.25, 0.3) is 0 Å². The Kier molecular flexibility index (Phi) is 5.32. The molecule has 0 amide bonds. The van der Waals surface area contributed by atoms with Gasteiger partial charge in [-0.2, -0.15) is 0 Å². The number of carbonyl (C=O) groups is 2. The van der Waals surface area contributed by atoms with E-state index in [9.17, 15) is 24.9 Å². The van der Waals surface area contributed by atoms with E-state index in [1.165, 1.54) is 5.57 Å². The molecule has 0 aromatic heterocycles. The molecule has 0 saturated heterocycles. The minimum atomic E-state index is -1.11. The molecule has 0 radical (unpaired) electrons. The SMILES string of the molecule is CC1(C)CC[C@]2(C(=O)O)CC[C@]3(C)C(=CC[C@@H]4[C@@]5(C)CC[C@@H](O)[C@@](C)(C(=O)O)[C@@H]5CC[C@]43C)[C@H]2C1. The number of carboxylic acids is 2. The van der Waals surface area contributed by atoms with Crippen LogP contribution in [0.1, 0.15) is 106 Å². The first-order valence-corrected chi connectivity index (χ1v) is 13.9. The van der Waals surface area contributed by atoms with E-state index in [-0.39, 0.29) is 33.5 Å². The standard InChI is InChI=1S/C30H46O5/c1-25(2)13-15-30(24(34)35)16-14-27(4)18(19(30)17-25)7-8-20-26(3)11-10-22(31)29(6,23(32)33)21(26)9-12-28(20,27)5/h7,19-22,31H,8-17H2,1-6H3,(H,32,33)(H,34,35)/t19-,20-,21-,22-,26-,27-,28-,29+,30+/m1/s1. The molecule has 0 aromatic carbocycles. The number of hydrogen-bond acceptors (Lipinski definition) is 3. The molecule has 0 bridgehead atoms. The van der Waals surface area contributed by atoms with Crippen molar-refractivity contribution in [1.82, 2.24) is 0 Å². The van der Waals surface area contributed by atoms with Crippen LogP contribution < -0.4 is 0 Å². The van der Waals surface area contributed by atoms with Crippen LogP contribution in [0.2, 0.25) is 0 Å². The van der Waals surface area contributed by atoms with Crippen molar-refractivity contribution in [3.63, 3.8) is 0 Å². The highest BCUT2D eigenvalue weighted by atomic mass is 16.4. The van der Waals surface area contributed by atoms with Crippen molar-refractivity contribution in [2.24, 2.45) is 50.2 Å². The molecule has 0 spiro atoms. The Morgan fingerprint density at radius 3 is 2.11 bits per heavy atom. The summed E-state index contributed by atoms with van der Waals surface area (Å²) in [6.07, 6.45) is 9.97. The van der Waals surface area contributed by atoms with Gasteiger partial charge in [0.15, 0.2) is 0 Å². The average Bonchev–Trinajstić information content (AvgIpc) is 2.76. The zero-order valence-electron chi connectivity index (χ0n) is 22.6. The molecular weight excluding hydrogens is 440 g/mol. The van der Waals surface area contributed by atoms with Crippen LogP contribution in [-0.4, -0.2) is 33.4 Å². The first-order chi connectivity index (χ1) is 16.1. The lowest BCUT2D eigenvalue weighted by molar-refractivity contribution is -0.217. The van der Waals surface area contributed by atoms with Gasteiger partial charge in [-0.25, -0.2) is 0 Å². The van der Waals surface area contributed by atoms with Crippen LogP contribution in [0.5, 0.6) is 0 Å². The number of aliphatic hydroxyl groups is 1. The van der Waals surface area contributed by atoms with Crippen LogP contribution in [0.15, 0.2) is 11.6 Å². The molecule has 3 N–H and O–H groups in total. The van der Waals surface area contributed by atoms with Crippen molar-refractivity contribution in [3.05, 3.63) is 11.6 Å². The number of fused-ring (bicyclic) bond motifs is 7. The fourth-order valence-electron chi connectivity index (χ4n) is 10.6. The third-order valence-corrected chi connectivity index (χ3v) is 13.2. The molecule has 0 heterocycles. The van der Waals surface area contributed by atoms with Crippen molar-refractivity contribution in [2.75, 3.05) is 0 Å². The average molecular weight is 487 g/mol. The van der Waals surface area contributed by atoms with Crippen LogP contribution >= 0.6 is 0 Å². The maximum atomic E-state index is 12.8. The fourth-order valence-corrected chi connectivity index (χ4v) is 10.6. The summed E-state index contributed by atoms with van der Waals surface area (Å²) < 4.78 is 0. The number of aliphatic carboxylic acids is 2. The lowest BCUT2D eigenvalue weighted by Crippen LogP contribution is -2.66. The van der Waals surface area contributed by atoms with E-state index in [1.54, 1.807) is 6.92 Å². The molecule has 0 aromatic rings. The van der Waals surface area contributed by atoms with E-state index in [2.05, 4.69) is 40.7 Å². The molecule has 196 valence electrons. The molecule has 5 nitrogen and oxygen atoms in total. The van der Waals surface area contributed by atoms with Gasteiger partial charge in [0, 0.05) is 0 Å². The summed E-state index contributed by atoms with van der Waals surface area (Å²) in [4.78, 5) is 25.3. The lowest BCUT2D eigenvalue weighted by atomic mass is 9.33. The van der Waals surface area contributed by atoms with Gasteiger partial charge < -0.3 is 15.3 Å². The molecule has 5 rings (SSSR count). The lowest BCUT2D eigenvalue weighted by Gasteiger charge is -2.70. The molecular formula is C30H46O5. The second kappa shape index (κ2) is 7.36. The summed E-state index contributed by atoms with van der Waals surface area (Å²) >= 11 is 0. The van der Waals surface area contributed by atoms with Crippen LogP contribution in [0.4, 0.5) is 0 Å². The molecule has 4 fully saturated rings. The quantitative estimate of drug-likeness (QED) is 0.398. The highest BCUT2D eigenvalue weighted by Gasteiger charge is 2.70. The van der Waals surface area contributed by atoms with Gasteiger partial charge in [-0.15, -0.1) is 0 Å². The summed E-state index contributed by atoms with van der Waals surface area (Å²) in [7, 11) is 0. The van der Waals surface area contributed by atoms with Crippen molar-refractivity contribution in [1.29, 1.82) is 0 Å². The van der Waals surface area contributed by atoms with E-state index < -0.39 is 28.9 Å². The first-order valence-electron chi connectivity index (χ1n) is 13.9. The van der Waals surface area contributed by atoms with Crippen LogP contribution in [0.25, 0.3) is 0 Å². The smallest absolute Gasteiger partial charge is 0.312 e. The third kappa shape index (κ3) is 2.97. The molecule has 5 heteroatoms. The number of rotatable bonds is 2. The Balaban J connectivity index is 1.60. The predicted octanol–water partition coefficient (Wildman–Crippen LogP) is 6.30. The Bertz CT molecular complexity index is 983. The van der Waals surface area contributed by atoms with Crippen molar-refractivity contribution in [3.8, 4) is 0 Å². The minimum Gasteiger partial charge on any atom is -0.481 e. The van der Waals surface area contributed by atoms with E-state index in [0.29, 0.717) is 12.3 Å². The van der Waals surface area contributed by atoms with Crippen molar-refractivity contribution in [2.45, 2.75) is 112 Å². The number of hydrogen-bond donors (Lipinski definition) is 3. The van der Waals surface area contributed by atoms with E-state index >= 15 is 0 Å². The number of carboxylic acid groups (broad SMARTS) is 2. The molecule has 5 aliphatic rings. The fraction of sp³-hybridized carbons (Fsp3) is 0.867. The Hall–Kier alpha value is -1.36. The Labute approximate surface area is 210 Å². The maximum absolute atomic E-state index is 12.8. The summed E-state index contributed by atoms with van der Waals surface area (Å²) in [5.41, 5.74) is -0.437. The second-order valence-corrected chi connectivity index (χ2v) is 14.8. The first kappa shape index (κ1) is 25.3. The topological polar surface area (TPSA) is 94.8 Å². The Morgan fingerprint density at radius 2 is 1.49 bits per heavy atom. The highest BCUT2D eigenvalue weighted by molar-refractivity contribution is 5.77. The molecule has 0 unspecified atom stereocenters. The van der Waals surface area contributed by atoms with Gasteiger partial charge in [0.05, 0.1) is 16.9 Å². The van der Waals surface area contributed by atoms with Gasteiger partial charge in [-0.3, -0.25) is 9.59 Å². The second-order valence-electron chi connectivity index (χ2n) is 14.8. The maximum Gasteiger partial charge on any atom is 0.312 e. The normalized spacial score (nSPS) is 52.7. The summed E-state index contributed by atoms with van der Waals surface area (Å²) in [5.74, 6) is -1.10. The summed E-state index contributed by atoms with van der Waals surface area (Å²) in [6, 6.07) is 0. The van der Waals surface area contributed by atoms with Gasteiger partial charge in [-0.05, 0) is 111 Å². The zero-order valence-corrected chi connectivity index (χ0v) is 22.6. The highest BCUT2D eigenvalue weighted by Crippen LogP contribution is 2.75. The van der Waals surface area contributed by atoms with Crippen LogP contribution in [0, 0.1) is 50.2 Å². The number of allylic oxidation sites excluding steroid dienone is 2. The molecule has 9 atom stereocenters. The van der Waals surface area contributed by atoms with Crippen LogP contribution in [0.3, 0.4) is 0 Å². The van der Waals surface area contributed by atoms with Gasteiger partial charge in [0.2, 0.25) is 0 Å². The van der Waals surface area contributed by atoms with E-state index in [0.717, 1.165) is 57.8 Å². The van der Waals surface area contributed by atoms with Gasteiger partial charge >= 0.3 is 11.9 Å². The zero-order chi connectivity index (χ0) is 25.8. The minimum absolute atomic E-state index is 0.00368. The third-order valence-electron chi connectivity index (χ3n) is 13.2. The predicted molar refractivity (Wildman–Crippen MR) is 135 cm³/mol. The molecule has 35 heavy (non-hydrogen) atoms. The summed E-state index contributed by atoms with van der Waals surface area (Å²) in [5, 5.41) is 31.6. The molecule has 0 aliphatic heterocycles.